The Labute approximate surface area is 184 Å². The zero-order valence-electron chi connectivity index (χ0n) is 17.6. The molecule has 31 heavy (non-hydrogen) atoms. The molecule has 0 aliphatic heterocycles. The number of hydrogen-bond donors (Lipinski definition) is 2. The van der Waals surface area contributed by atoms with Crippen molar-refractivity contribution in [3.63, 3.8) is 0 Å². The average Bonchev–Trinajstić information content (AvgIpc) is 3.65. The van der Waals surface area contributed by atoms with Crippen LogP contribution in [0.3, 0.4) is 0 Å². The predicted octanol–water partition coefficient (Wildman–Crippen LogP) is 2.69. The average molecular weight is 442 g/mol. The first kappa shape index (κ1) is 20.4. The van der Waals surface area contributed by atoms with Gasteiger partial charge >= 0.3 is 0 Å². The van der Waals surface area contributed by atoms with Crippen LogP contribution in [0, 0.1) is 11.8 Å². The SMILES string of the molecule is CC(=O)Nc1nncn1[C@H]1CCc2sc(CC(=O)C3CC3)c(C(=O)NCC3CC3)c2C1. The van der Waals surface area contributed by atoms with Crippen LogP contribution in [-0.2, 0) is 28.9 Å². The van der Waals surface area contributed by atoms with Gasteiger partial charge in [-0.05, 0) is 56.4 Å². The molecule has 2 N–H and O–H groups in total. The Balaban J connectivity index is 1.43. The van der Waals surface area contributed by atoms with Crippen molar-refractivity contribution >= 4 is 34.9 Å². The Hall–Kier alpha value is -2.55. The molecule has 0 radical (unpaired) electrons. The number of rotatable bonds is 8. The Kier molecular flexibility index (Phi) is 5.37. The van der Waals surface area contributed by atoms with E-state index in [1.54, 1.807) is 17.7 Å². The van der Waals surface area contributed by atoms with E-state index in [0.29, 0.717) is 36.8 Å². The minimum absolute atomic E-state index is 0.0468. The molecule has 1 atom stereocenters. The van der Waals surface area contributed by atoms with E-state index in [1.165, 1.54) is 24.6 Å². The summed E-state index contributed by atoms with van der Waals surface area (Å²) < 4.78 is 1.89. The van der Waals surface area contributed by atoms with Gasteiger partial charge < -0.3 is 5.32 Å². The normalized spacial score (nSPS) is 20.2. The first-order valence-electron chi connectivity index (χ1n) is 11.1. The smallest absolute Gasteiger partial charge is 0.252 e. The minimum atomic E-state index is -0.192. The summed E-state index contributed by atoms with van der Waals surface area (Å²) >= 11 is 1.64. The number of carbonyl (C=O) groups is 3. The van der Waals surface area contributed by atoms with Crippen molar-refractivity contribution in [3.05, 3.63) is 27.2 Å². The van der Waals surface area contributed by atoms with Crippen LogP contribution in [0.25, 0.3) is 0 Å². The third kappa shape index (κ3) is 4.42. The molecule has 2 fully saturated rings. The maximum absolute atomic E-state index is 13.2. The van der Waals surface area contributed by atoms with Crippen molar-refractivity contribution in [2.75, 3.05) is 11.9 Å². The standard InChI is InChI=1S/C22H27N5O3S/c1-12(28)25-22-26-24-11-27(22)15-6-7-18-16(8-15)20(21(30)23-10-13-2-3-13)19(31-18)9-17(29)14-4-5-14/h11,13-15H,2-10H2,1H3,(H,23,30)(H,25,26,28)/t15-/m0/s1. The highest BCUT2D eigenvalue weighted by atomic mass is 32.1. The number of anilines is 1. The van der Waals surface area contributed by atoms with Crippen molar-refractivity contribution in [2.24, 2.45) is 11.8 Å². The van der Waals surface area contributed by atoms with Gasteiger partial charge in [0.25, 0.3) is 5.91 Å². The van der Waals surface area contributed by atoms with Gasteiger partial charge in [0.1, 0.15) is 12.1 Å². The second-order valence-electron chi connectivity index (χ2n) is 9.01. The van der Waals surface area contributed by atoms with E-state index in [4.69, 9.17) is 0 Å². The van der Waals surface area contributed by atoms with Crippen molar-refractivity contribution < 1.29 is 14.4 Å². The highest BCUT2D eigenvalue weighted by molar-refractivity contribution is 7.12. The number of fused-ring (bicyclic) bond motifs is 1. The van der Waals surface area contributed by atoms with Gasteiger partial charge in [0.2, 0.25) is 11.9 Å². The number of carbonyl (C=O) groups excluding carboxylic acids is 3. The van der Waals surface area contributed by atoms with Gasteiger partial charge in [0, 0.05) is 41.6 Å². The van der Waals surface area contributed by atoms with Crippen LogP contribution >= 0.6 is 11.3 Å². The van der Waals surface area contributed by atoms with Crippen LogP contribution in [0.15, 0.2) is 6.33 Å². The molecule has 0 aromatic carbocycles. The molecule has 0 spiro atoms. The summed E-state index contributed by atoms with van der Waals surface area (Å²) in [5, 5.41) is 13.8. The van der Waals surface area contributed by atoms with Crippen LogP contribution < -0.4 is 10.6 Å². The number of ketones is 1. The highest BCUT2D eigenvalue weighted by Gasteiger charge is 2.35. The van der Waals surface area contributed by atoms with Crippen molar-refractivity contribution in [2.45, 2.75) is 64.3 Å². The molecule has 5 rings (SSSR count). The first-order chi connectivity index (χ1) is 15.0. The zero-order chi connectivity index (χ0) is 21.5. The topological polar surface area (TPSA) is 106 Å². The van der Waals surface area contributed by atoms with Crippen LogP contribution in [-0.4, -0.2) is 38.9 Å². The fourth-order valence-electron chi connectivity index (χ4n) is 4.36. The number of thiophene rings is 1. The van der Waals surface area contributed by atoms with Crippen LogP contribution in [0.4, 0.5) is 5.95 Å². The summed E-state index contributed by atoms with van der Waals surface area (Å²) in [6, 6.07) is 0.0564. The molecule has 2 amide bonds. The predicted molar refractivity (Wildman–Crippen MR) is 116 cm³/mol. The fourth-order valence-corrected chi connectivity index (χ4v) is 5.72. The van der Waals surface area contributed by atoms with E-state index >= 15 is 0 Å². The van der Waals surface area contributed by atoms with E-state index in [1.807, 2.05) is 4.57 Å². The molecule has 2 aromatic rings. The van der Waals surface area contributed by atoms with Crippen LogP contribution in [0.2, 0.25) is 0 Å². The summed E-state index contributed by atoms with van der Waals surface area (Å²) in [6.45, 7) is 2.16. The zero-order valence-corrected chi connectivity index (χ0v) is 18.5. The molecule has 9 heteroatoms. The van der Waals surface area contributed by atoms with Crippen LogP contribution in [0.1, 0.15) is 70.7 Å². The van der Waals surface area contributed by atoms with Crippen molar-refractivity contribution in [1.82, 2.24) is 20.1 Å². The molecule has 3 aliphatic carbocycles. The minimum Gasteiger partial charge on any atom is -0.352 e. The van der Waals surface area contributed by atoms with E-state index in [0.717, 1.165) is 36.1 Å². The van der Waals surface area contributed by atoms with Gasteiger partial charge in [-0.3, -0.25) is 24.3 Å². The summed E-state index contributed by atoms with van der Waals surface area (Å²) in [5.41, 5.74) is 1.77. The van der Waals surface area contributed by atoms with Crippen molar-refractivity contribution in [1.29, 1.82) is 0 Å². The van der Waals surface area contributed by atoms with Gasteiger partial charge in [-0.25, -0.2) is 0 Å². The molecule has 3 aliphatic rings. The van der Waals surface area contributed by atoms with Gasteiger partial charge in [0.05, 0.1) is 5.56 Å². The molecular formula is C22H27N5O3S. The molecule has 2 aromatic heterocycles. The maximum atomic E-state index is 13.2. The number of nitrogens with zero attached hydrogens (tertiary/aromatic N) is 3. The summed E-state index contributed by atoms with van der Waals surface area (Å²) in [5.74, 6) is 1.24. The largest absolute Gasteiger partial charge is 0.352 e. The molecule has 2 saturated carbocycles. The monoisotopic (exact) mass is 441 g/mol. The summed E-state index contributed by atoms with van der Waals surface area (Å²) in [6.07, 6.45) is 8.69. The highest BCUT2D eigenvalue weighted by Crippen LogP contribution is 2.40. The van der Waals surface area contributed by atoms with E-state index in [9.17, 15) is 14.4 Å². The Morgan fingerprint density at radius 2 is 2.00 bits per heavy atom. The fraction of sp³-hybridized carbons (Fsp3) is 0.591. The lowest BCUT2D eigenvalue weighted by molar-refractivity contribution is -0.119. The lowest BCUT2D eigenvalue weighted by Crippen LogP contribution is -2.28. The molecule has 0 saturated heterocycles. The number of Topliss-reactive ketones (excluding diaryl/α,β-unsaturated/α-hetero) is 1. The lowest BCUT2D eigenvalue weighted by atomic mass is 9.90. The number of aryl methyl sites for hydroxylation is 1. The quantitative estimate of drug-likeness (QED) is 0.655. The molecule has 164 valence electrons. The molecule has 2 heterocycles. The van der Waals surface area contributed by atoms with Crippen LogP contribution in [0.5, 0.6) is 0 Å². The lowest BCUT2D eigenvalue weighted by Gasteiger charge is -2.25. The maximum Gasteiger partial charge on any atom is 0.252 e. The second-order valence-corrected chi connectivity index (χ2v) is 10.2. The summed E-state index contributed by atoms with van der Waals surface area (Å²) in [7, 11) is 0. The first-order valence-corrected chi connectivity index (χ1v) is 11.9. The van der Waals surface area contributed by atoms with Gasteiger partial charge in [-0.1, -0.05) is 0 Å². The Morgan fingerprint density at radius 1 is 1.19 bits per heavy atom. The molecular weight excluding hydrogens is 414 g/mol. The van der Waals surface area contributed by atoms with Gasteiger partial charge in [-0.2, -0.15) is 0 Å². The van der Waals surface area contributed by atoms with E-state index in [-0.39, 0.29) is 29.6 Å². The number of nitrogens with one attached hydrogen (secondary N) is 2. The van der Waals surface area contributed by atoms with Gasteiger partial charge in [0.15, 0.2) is 0 Å². The summed E-state index contributed by atoms with van der Waals surface area (Å²) in [4.78, 5) is 39.4. The van der Waals surface area contributed by atoms with Crippen molar-refractivity contribution in [3.8, 4) is 0 Å². The molecule has 0 unspecified atom stereocenters. The molecule has 8 nitrogen and oxygen atoms in total. The second kappa shape index (κ2) is 8.18. The third-order valence-corrected chi connectivity index (χ3v) is 7.70. The number of aromatic nitrogens is 3. The number of hydrogen-bond acceptors (Lipinski definition) is 6. The Bertz CT molecular complexity index is 1030. The van der Waals surface area contributed by atoms with E-state index < -0.39 is 0 Å². The third-order valence-electron chi connectivity index (χ3n) is 6.41. The van der Waals surface area contributed by atoms with E-state index in [2.05, 4.69) is 20.8 Å². The molecule has 0 bridgehead atoms. The number of amides is 2. The van der Waals surface area contributed by atoms with Gasteiger partial charge in [-0.15, -0.1) is 21.5 Å². The Morgan fingerprint density at radius 3 is 2.71 bits per heavy atom.